The maximum Gasteiger partial charge on any atom is 0.312 e. The molecular weight excluding hydrogens is 472 g/mol. The molecule has 8 nitrogen and oxygen atoms in total. The minimum Gasteiger partial charge on any atom is -0.352 e. The number of halogens is 1. The smallest absolute Gasteiger partial charge is 0.312 e. The van der Waals surface area contributed by atoms with Gasteiger partial charge in [0.05, 0.1) is 17.4 Å². The van der Waals surface area contributed by atoms with Gasteiger partial charge < -0.3 is 16.4 Å². The Kier molecular flexibility index (Phi) is 8.39. The number of nitrogens with two attached hydrogens (primary N) is 1. The largest absolute Gasteiger partial charge is 0.352 e. The predicted octanol–water partition coefficient (Wildman–Crippen LogP) is 3.22. The number of carbonyl (C=O) groups excluding carboxylic acids is 2. The van der Waals surface area contributed by atoms with E-state index in [1.807, 2.05) is 6.07 Å². The molecule has 0 fully saturated rings. The van der Waals surface area contributed by atoms with Gasteiger partial charge in [-0.3, -0.25) is 4.79 Å². The number of rotatable bonds is 9. The third-order valence-electron chi connectivity index (χ3n) is 4.42. The normalized spacial score (nSPS) is 12.4. The van der Waals surface area contributed by atoms with Crippen LogP contribution in [0.1, 0.15) is 31.9 Å². The number of urea groups is 1. The van der Waals surface area contributed by atoms with E-state index in [9.17, 15) is 18.0 Å². The fourth-order valence-electron chi connectivity index (χ4n) is 2.99. The van der Waals surface area contributed by atoms with Crippen molar-refractivity contribution in [3.63, 3.8) is 0 Å². The van der Waals surface area contributed by atoms with Gasteiger partial charge in [-0.1, -0.05) is 48.0 Å². The van der Waals surface area contributed by atoms with Crippen molar-refractivity contribution >= 4 is 43.6 Å². The SMILES string of the molecule is CCN(CC)S(=O)(=O)c1cccc(NC(=O)CC(NC(N)=O)c2cccc(Br)c2)c1. The maximum atomic E-state index is 12.7. The molecular formula is C20H25BrN4O4S. The molecule has 162 valence electrons. The van der Waals surface area contributed by atoms with Gasteiger partial charge in [-0.25, -0.2) is 13.2 Å². The summed E-state index contributed by atoms with van der Waals surface area (Å²) in [6.07, 6.45) is -0.0770. The summed E-state index contributed by atoms with van der Waals surface area (Å²) in [5, 5.41) is 5.25. The van der Waals surface area contributed by atoms with Crippen molar-refractivity contribution in [1.29, 1.82) is 0 Å². The van der Waals surface area contributed by atoms with E-state index in [0.717, 1.165) is 4.47 Å². The third-order valence-corrected chi connectivity index (χ3v) is 6.96. The van der Waals surface area contributed by atoms with E-state index in [2.05, 4.69) is 26.6 Å². The zero-order valence-electron chi connectivity index (χ0n) is 16.8. The summed E-state index contributed by atoms with van der Waals surface area (Å²) in [5.74, 6) is -0.397. The van der Waals surface area contributed by atoms with Crippen molar-refractivity contribution in [3.05, 3.63) is 58.6 Å². The van der Waals surface area contributed by atoms with Gasteiger partial charge in [0.25, 0.3) is 0 Å². The zero-order valence-corrected chi connectivity index (χ0v) is 19.2. The number of sulfonamides is 1. The lowest BCUT2D eigenvalue weighted by Crippen LogP contribution is -2.35. The standard InChI is InChI=1S/C20H25BrN4O4S/c1-3-25(4-2)30(28,29)17-10-6-9-16(12-17)23-19(26)13-18(24-20(22)27)14-7-5-8-15(21)11-14/h5-12,18H,3-4,13H2,1-2H3,(H,23,26)(H3,22,24,27). The first-order chi connectivity index (χ1) is 14.2. The summed E-state index contributed by atoms with van der Waals surface area (Å²) < 4.78 is 27.5. The lowest BCUT2D eigenvalue weighted by Gasteiger charge is -2.20. The van der Waals surface area contributed by atoms with Crippen LogP contribution in [0.2, 0.25) is 0 Å². The average molecular weight is 497 g/mol. The molecule has 10 heteroatoms. The van der Waals surface area contributed by atoms with Gasteiger partial charge in [-0.15, -0.1) is 0 Å². The Morgan fingerprint density at radius 2 is 1.77 bits per heavy atom. The Bertz CT molecular complexity index is 1010. The van der Waals surface area contributed by atoms with Crippen molar-refractivity contribution in [2.45, 2.75) is 31.2 Å². The monoisotopic (exact) mass is 496 g/mol. The highest BCUT2D eigenvalue weighted by molar-refractivity contribution is 9.10. The lowest BCUT2D eigenvalue weighted by atomic mass is 10.0. The van der Waals surface area contributed by atoms with Crippen molar-refractivity contribution in [2.75, 3.05) is 18.4 Å². The molecule has 2 rings (SSSR count). The molecule has 0 aromatic heterocycles. The summed E-state index contributed by atoms with van der Waals surface area (Å²) in [5.41, 5.74) is 6.31. The molecule has 0 spiro atoms. The minimum atomic E-state index is -3.64. The van der Waals surface area contributed by atoms with Gasteiger partial charge in [-0.2, -0.15) is 4.31 Å². The van der Waals surface area contributed by atoms with Crippen LogP contribution in [0.25, 0.3) is 0 Å². The first-order valence-electron chi connectivity index (χ1n) is 9.38. The summed E-state index contributed by atoms with van der Waals surface area (Å²) in [6.45, 7) is 4.23. The van der Waals surface area contributed by atoms with Gasteiger partial charge >= 0.3 is 6.03 Å². The van der Waals surface area contributed by atoms with Gasteiger partial charge in [0, 0.05) is 23.2 Å². The molecule has 4 N–H and O–H groups in total. The molecule has 0 bridgehead atoms. The Morgan fingerprint density at radius 3 is 2.37 bits per heavy atom. The summed E-state index contributed by atoms with van der Waals surface area (Å²) >= 11 is 3.36. The Morgan fingerprint density at radius 1 is 1.10 bits per heavy atom. The van der Waals surface area contributed by atoms with Gasteiger partial charge in [0.1, 0.15) is 0 Å². The van der Waals surface area contributed by atoms with Crippen LogP contribution in [0.15, 0.2) is 57.9 Å². The minimum absolute atomic E-state index is 0.0770. The van der Waals surface area contributed by atoms with Gasteiger partial charge in [0.15, 0.2) is 0 Å². The van der Waals surface area contributed by atoms with Crippen LogP contribution >= 0.6 is 15.9 Å². The Labute approximate surface area is 185 Å². The second kappa shape index (κ2) is 10.6. The number of nitrogens with one attached hydrogen (secondary N) is 2. The molecule has 0 aliphatic rings. The number of carbonyl (C=O) groups is 2. The van der Waals surface area contributed by atoms with Crippen LogP contribution in [0, 0.1) is 0 Å². The van der Waals surface area contributed by atoms with Crippen LogP contribution < -0.4 is 16.4 Å². The van der Waals surface area contributed by atoms with Crippen LogP contribution in [0.5, 0.6) is 0 Å². The van der Waals surface area contributed by atoms with E-state index in [4.69, 9.17) is 5.73 Å². The first-order valence-corrected chi connectivity index (χ1v) is 11.6. The van der Waals surface area contributed by atoms with Crippen molar-refractivity contribution in [1.82, 2.24) is 9.62 Å². The van der Waals surface area contributed by atoms with E-state index >= 15 is 0 Å². The number of amides is 3. The van der Waals surface area contributed by atoms with Crippen molar-refractivity contribution in [3.8, 4) is 0 Å². The fraction of sp³-hybridized carbons (Fsp3) is 0.300. The number of anilines is 1. The van der Waals surface area contributed by atoms with Crippen LogP contribution in [-0.4, -0.2) is 37.8 Å². The average Bonchev–Trinajstić information content (AvgIpc) is 2.68. The molecule has 3 amide bonds. The Hall–Kier alpha value is -2.43. The van der Waals surface area contributed by atoms with Gasteiger partial charge in [0.2, 0.25) is 15.9 Å². The second-order valence-corrected chi connectivity index (χ2v) is 9.34. The third kappa shape index (κ3) is 6.28. The molecule has 0 heterocycles. The maximum absolute atomic E-state index is 12.7. The van der Waals surface area contributed by atoms with Crippen LogP contribution in [0.3, 0.4) is 0 Å². The highest BCUT2D eigenvalue weighted by Gasteiger charge is 2.22. The van der Waals surface area contributed by atoms with Crippen molar-refractivity contribution < 1.29 is 18.0 Å². The summed E-state index contributed by atoms with van der Waals surface area (Å²) in [6, 6.07) is 11.9. The molecule has 0 aliphatic carbocycles. The Balaban J connectivity index is 2.19. The van der Waals surface area contributed by atoms with Crippen LogP contribution in [0.4, 0.5) is 10.5 Å². The van der Waals surface area contributed by atoms with E-state index in [0.29, 0.717) is 24.3 Å². The number of primary amides is 1. The molecule has 0 radical (unpaired) electrons. The first kappa shape index (κ1) is 23.8. The topological polar surface area (TPSA) is 122 Å². The lowest BCUT2D eigenvalue weighted by molar-refractivity contribution is -0.116. The predicted molar refractivity (Wildman–Crippen MR) is 119 cm³/mol. The van der Waals surface area contributed by atoms with Gasteiger partial charge in [-0.05, 0) is 35.9 Å². The molecule has 2 aromatic carbocycles. The number of hydrogen-bond donors (Lipinski definition) is 3. The number of nitrogens with zero attached hydrogens (tertiary/aromatic N) is 1. The number of hydrogen-bond acceptors (Lipinski definition) is 4. The number of benzene rings is 2. The van der Waals surface area contributed by atoms with E-state index < -0.39 is 28.0 Å². The molecule has 1 unspecified atom stereocenters. The molecule has 1 atom stereocenters. The highest BCUT2D eigenvalue weighted by atomic mass is 79.9. The molecule has 0 aliphatic heterocycles. The molecule has 30 heavy (non-hydrogen) atoms. The summed E-state index contributed by atoms with van der Waals surface area (Å²) in [4.78, 5) is 24.1. The van der Waals surface area contributed by atoms with E-state index in [-0.39, 0.29) is 11.3 Å². The van der Waals surface area contributed by atoms with E-state index in [1.165, 1.54) is 16.4 Å². The molecule has 2 aromatic rings. The molecule has 0 saturated carbocycles. The quantitative estimate of drug-likeness (QED) is 0.493. The fourth-order valence-corrected chi connectivity index (χ4v) is 4.91. The highest BCUT2D eigenvalue weighted by Crippen LogP contribution is 2.23. The van der Waals surface area contributed by atoms with Crippen LogP contribution in [-0.2, 0) is 14.8 Å². The van der Waals surface area contributed by atoms with E-state index in [1.54, 1.807) is 44.2 Å². The summed E-state index contributed by atoms with van der Waals surface area (Å²) in [7, 11) is -3.64. The second-order valence-electron chi connectivity index (χ2n) is 6.49. The molecule has 0 saturated heterocycles. The van der Waals surface area contributed by atoms with Crippen molar-refractivity contribution in [2.24, 2.45) is 5.73 Å². The zero-order chi connectivity index (χ0) is 22.3.